The zero-order valence-corrected chi connectivity index (χ0v) is 30.1. The number of carbonyl (C=O) groups is 3. The Labute approximate surface area is 310 Å². The topological polar surface area (TPSA) is 175 Å². The number of nitro groups is 2. The number of hydrogen-bond acceptors (Lipinski definition) is 11. The first kappa shape index (κ1) is 37.4. The van der Waals surface area contributed by atoms with Gasteiger partial charge in [-0.05, 0) is 84.7 Å². The quantitative estimate of drug-likeness (QED) is 0.136. The van der Waals surface area contributed by atoms with Crippen LogP contribution >= 0.6 is 11.8 Å². The van der Waals surface area contributed by atoms with Crippen LogP contribution in [-0.4, -0.2) is 93.3 Å². The molecule has 16 heteroatoms. The van der Waals surface area contributed by atoms with Gasteiger partial charge in [0.2, 0.25) is 5.91 Å². The van der Waals surface area contributed by atoms with Gasteiger partial charge in [0.1, 0.15) is 25.0 Å². The summed E-state index contributed by atoms with van der Waals surface area (Å²) in [5.74, 6) is 1.31. The van der Waals surface area contributed by atoms with E-state index in [9.17, 15) is 34.6 Å². The fourth-order valence-electron chi connectivity index (χ4n) is 6.60. The maximum Gasteiger partial charge on any atom is 0.410 e. The maximum atomic E-state index is 14.1. The van der Waals surface area contributed by atoms with Crippen LogP contribution in [0.4, 0.5) is 21.0 Å². The summed E-state index contributed by atoms with van der Waals surface area (Å²) in [6, 6.07) is 18.8. The van der Waals surface area contributed by atoms with E-state index in [1.165, 1.54) is 41.3 Å². The monoisotopic (exact) mass is 747 g/mol. The molecule has 0 bridgehead atoms. The molecule has 3 aromatic carbocycles. The number of carbonyl (C=O) groups excluding carboxylic acids is 3. The zero-order chi connectivity index (χ0) is 37.5. The molecule has 53 heavy (non-hydrogen) atoms. The lowest BCUT2D eigenvalue weighted by atomic mass is 10.1. The van der Waals surface area contributed by atoms with Crippen LogP contribution in [0.2, 0.25) is 0 Å². The van der Waals surface area contributed by atoms with E-state index in [0.29, 0.717) is 55.9 Å². The number of rotatable bonds is 14. The molecule has 0 aromatic heterocycles. The average Bonchev–Trinajstić information content (AvgIpc) is 3.74. The molecule has 0 radical (unpaired) electrons. The van der Waals surface area contributed by atoms with Gasteiger partial charge in [-0.1, -0.05) is 12.1 Å². The highest BCUT2D eigenvalue weighted by Gasteiger charge is 2.44. The fourth-order valence-corrected chi connectivity index (χ4v) is 7.81. The van der Waals surface area contributed by atoms with Crippen LogP contribution in [0.3, 0.4) is 0 Å². The summed E-state index contributed by atoms with van der Waals surface area (Å²) in [5, 5.41) is 22.0. The minimum atomic E-state index is -0.724. The Morgan fingerprint density at radius 3 is 1.96 bits per heavy atom. The SMILES string of the molecule is COc1ccc(CS[C@H]2C[C@@H](C(=O)N3CC[C@H](CN(C(=O)OCc4ccc([N+](=O)[O-])cc4)C4CC4)C3)N(C(=O)OCc3ccc([N+](=O)[O-])cc3)C2)cc1. The van der Waals surface area contributed by atoms with Gasteiger partial charge in [-0.3, -0.25) is 29.9 Å². The first-order valence-electron chi connectivity index (χ1n) is 17.4. The molecule has 0 unspecified atom stereocenters. The molecule has 0 N–H and O–H groups in total. The number of nitro benzene ring substituents is 2. The second-order valence-corrected chi connectivity index (χ2v) is 14.8. The lowest BCUT2D eigenvalue weighted by Crippen LogP contribution is -2.47. The Morgan fingerprint density at radius 1 is 0.811 bits per heavy atom. The Kier molecular flexibility index (Phi) is 12.0. The summed E-state index contributed by atoms with van der Waals surface area (Å²) in [7, 11) is 1.61. The van der Waals surface area contributed by atoms with Crippen LogP contribution in [-0.2, 0) is 33.2 Å². The van der Waals surface area contributed by atoms with Gasteiger partial charge in [0, 0.05) is 67.5 Å². The highest BCUT2D eigenvalue weighted by molar-refractivity contribution is 7.99. The van der Waals surface area contributed by atoms with Crippen molar-refractivity contribution in [1.82, 2.24) is 14.7 Å². The van der Waals surface area contributed by atoms with Crippen LogP contribution in [0, 0.1) is 26.1 Å². The van der Waals surface area contributed by atoms with Gasteiger partial charge in [0.05, 0.1) is 17.0 Å². The standard InChI is InChI=1S/C37H41N5O10S/c1-50-32-14-6-27(7-15-32)24-53-33-18-34(40(21-33)37(45)52-23-26-4-10-31(11-5-26)42(48)49)35(43)38-17-16-28(19-38)20-39(29-12-13-29)36(44)51-22-25-2-8-30(9-3-25)41(46)47/h2-11,14-15,28-29,33-34H,12-13,16-24H2,1H3/t28-,33-,34-/m0/s1. The van der Waals surface area contributed by atoms with Gasteiger partial charge in [-0.25, -0.2) is 9.59 Å². The second kappa shape index (κ2) is 17.0. The molecule has 15 nitrogen and oxygen atoms in total. The Balaban J connectivity index is 1.06. The lowest BCUT2D eigenvalue weighted by molar-refractivity contribution is -0.385. The molecule has 3 aliphatic rings. The number of methoxy groups -OCH3 is 1. The minimum absolute atomic E-state index is 0.00915. The Morgan fingerprint density at radius 2 is 1.40 bits per heavy atom. The van der Waals surface area contributed by atoms with E-state index in [1.54, 1.807) is 40.8 Å². The lowest BCUT2D eigenvalue weighted by Gasteiger charge is -2.28. The highest BCUT2D eigenvalue weighted by Crippen LogP contribution is 2.34. The largest absolute Gasteiger partial charge is 0.497 e. The van der Waals surface area contributed by atoms with E-state index in [-0.39, 0.29) is 47.7 Å². The van der Waals surface area contributed by atoms with Crippen molar-refractivity contribution < 1.29 is 38.4 Å². The van der Waals surface area contributed by atoms with E-state index >= 15 is 0 Å². The summed E-state index contributed by atoms with van der Waals surface area (Å²) < 4.78 is 16.5. The van der Waals surface area contributed by atoms with E-state index in [0.717, 1.165) is 24.2 Å². The van der Waals surface area contributed by atoms with Crippen LogP contribution in [0.15, 0.2) is 72.8 Å². The summed E-state index contributed by atoms with van der Waals surface area (Å²) in [4.78, 5) is 66.8. The van der Waals surface area contributed by atoms with Crippen LogP contribution in [0.25, 0.3) is 0 Å². The number of ether oxygens (including phenoxy) is 3. The van der Waals surface area contributed by atoms with Crippen LogP contribution in [0.1, 0.15) is 42.4 Å². The number of amides is 3. The molecule has 3 amide bonds. The molecule has 1 aliphatic carbocycles. The molecular formula is C37H41N5O10S. The average molecular weight is 748 g/mol. The van der Waals surface area contributed by atoms with Crippen molar-refractivity contribution in [2.24, 2.45) is 5.92 Å². The van der Waals surface area contributed by atoms with Crippen LogP contribution < -0.4 is 4.74 Å². The third-order valence-corrected chi connectivity index (χ3v) is 11.0. The summed E-state index contributed by atoms with van der Waals surface area (Å²) >= 11 is 1.67. The Bertz CT molecular complexity index is 1790. The molecule has 3 aromatic rings. The zero-order valence-electron chi connectivity index (χ0n) is 29.2. The van der Waals surface area contributed by atoms with Gasteiger partial charge < -0.3 is 24.0 Å². The summed E-state index contributed by atoms with van der Waals surface area (Å²) in [6.07, 6.45) is 1.81. The number of thioether (sulfide) groups is 1. The second-order valence-electron chi connectivity index (χ2n) is 13.5. The van der Waals surface area contributed by atoms with Crippen LogP contribution in [0.5, 0.6) is 5.75 Å². The number of nitrogens with zero attached hydrogens (tertiary/aromatic N) is 5. The van der Waals surface area contributed by atoms with E-state index in [1.807, 2.05) is 24.3 Å². The molecule has 2 heterocycles. The molecule has 0 spiro atoms. The smallest absolute Gasteiger partial charge is 0.410 e. The molecule has 3 atom stereocenters. The van der Waals surface area contributed by atoms with Gasteiger partial charge in [0.25, 0.3) is 11.4 Å². The van der Waals surface area contributed by atoms with Gasteiger partial charge in [-0.2, -0.15) is 11.8 Å². The van der Waals surface area contributed by atoms with Crippen molar-refractivity contribution in [2.75, 3.05) is 33.3 Å². The first-order chi connectivity index (χ1) is 25.6. The Hall–Kier alpha value is -5.38. The molecule has 1 saturated carbocycles. The van der Waals surface area contributed by atoms with Crippen molar-refractivity contribution in [3.05, 3.63) is 110 Å². The fraction of sp³-hybridized carbons (Fsp3) is 0.432. The maximum absolute atomic E-state index is 14.1. The predicted molar refractivity (Wildman–Crippen MR) is 194 cm³/mol. The minimum Gasteiger partial charge on any atom is -0.497 e. The third-order valence-electron chi connectivity index (χ3n) is 9.72. The van der Waals surface area contributed by atoms with E-state index < -0.39 is 28.1 Å². The number of non-ortho nitro benzene ring substituents is 2. The number of benzene rings is 3. The molecule has 280 valence electrons. The molecule has 6 rings (SSSR count). The van der Waals surface area contributed by atoms with Crippen molar-refractivity contribution >= 4 is 41.2 Å². The summed E-state index contributed by atoms with van der Waals surface area (Å²) in [5.41, 5.74) is 2.22. The van der Waals surface area contributed by atoms with Crippen molar-refractivity contribution in [1.29, 1.82) is 0 Å². The number of hydrogen-bond donors (Lipinski definition) is 0. The van der Waals surface area contributed by atoms with Crippen molar-refractivity contribution in [3.8, 4) is 5.75 Å². The van der Waals surface area contributed by atoms with E-state index in [2.05, 4.69) is 0 Å². The molecule has 3 fully saturated rings. The highest BCUT2D eigenvalue weighted by atomic mass is 32.2. The summed E-state index contributed by atoms with van der Waals surface area (Å²) in [6.45, 7) is 1.57. The van der Waals surface area contributed by atoms with Gasteiger partial charge >= 0.3 is 12.2 Å². The normalized spacial score (nSPS) is 19.5. The molecule has 2 saturated heterocycles. The first-order valence-corrected chi connectivity index (χ1v) is 18.5. The van der Waals surface area contributed by atoms with Crippen molar-refractivity contribution in [3.63, 3.8) is 0 Å². The third kappa shape index (κ3) is 9.74. The molecular weight excluding hydrogens is 706 g/mol. The molecule has 2 aliphatic heterocycles. The van der Waals surface area contributed by atoms with Gasteiger partial charge in [-0.15, -0.1) is 0 Å². The predicted octanol–water partition coefficient (Wildman–Crippen LogP) is 6.17. The number of likely N-dealkylation sites (tertiary alicyclic amines) is 2. The van der Waals surface area contributed by atoms with Crippen molar-refractivity contribution in [2.45, 2.75) is 62.0 Å². The van der Waals surface area contributed by atoms with Gasteiger partial charge in [0.15, 0.2) is 0 Å². The van der Waals surface area contributed by atoms with E-state index in [4.69, 9.17) is 14.2 Å².